The number of aromatic nitrogens is 4. The molecule has 0 bridgehead atoms. The van der Waals surface area contributed by atoms with E-state index in [4.69, 9.17) is 24.4 Å². The Morgan fingerprint density at radius 1 is 0.415 bits per heavy atom. The van der Waals surface area contributed by atoms with Crippen LogP contribution in [0.3, 0.4) is 0 Å². The van der Waals surface area contributed by atoms with E-state index in [1.165, 1.54) is 0 Å². The van der Waals surface area contributed by atoms with Crippen molar-refractivity contribution in [2.75, 3.05) is 0 Å². The fraction of sp³-hybridized carbons (Fsp3) is 0. The molecule has 0 unspecified atom stereocenters. The Hall–Kier alpha value is -5.68. The van der Waals surface area contributed by atoms with Gasteiger partial charge in [-0.15, -0.1) is 0 Å². The standard InChI is InChI=1S/C36H22N4O/c1-4-10-25(11-5-1)33-38-34(26-12-6-2-7-13-26)40-35(39-33)28-19-17-23-16-18-24-20-21-30-32(31(24)29(23)22-28)37-36(41-30)27-14-8-3-9-15-27/h1-22H. The molecule has 0 saturated carbocycles. The molecule has 8 rings (SSSR count). The van der Waals surface area contributed by atoms with Crippen molar-refractivity contribution < 1.29 is 4.42 Å². The van der Waals surface area contributed by atoms with E-state index < -0.39 is 0 Å². The van der Waals surface area contributed by atoms with E-state index in [-0.39, 0.29) is 0 Å². The summed E-state index contributed by atoms with van der Waals surface area (Å²) in [5.74, 6) is 2.50. The monoisotopic (exact) mass is 526 g/mol. The zero-order chi connectivity index (χ0) is 27.2. The number of fused-ring (bicyclic) bond motifs is 5. The molecule has 2 aromatic heterocycles. The third-order valence-corrected chi connectivity index (χ3v) is 7.34. The molecule has 8 aromatic rings. The van der Waals surface area contributed by atoms with Crippen LogP contribution in [0, 0.1) is 0 Å². The summed E-state index contributed by atoms with van der Waals surface area (Å²) >= 11 is 0. The number of benzene rings is 6. The molecule has 0 N–H and O–H groups in total. The highest BCUT2D eigenvalue weighted by Crippen LogP contribution is 2.36. The van der Waals surface area contributed by atoms with Crippen LogP contribution in [-0.2, 0) is 0 Å². The van der Waals surface area contributed by atoms with E-state index in [0.29, 0.717) is 23.4 Å². The second-order valence-electron chi connectivity index (χ2n) is 9.94. The molecule has 6 aromatic carbocycles. The van der Waals surface area contributed by atoms with E-state index in [2.05, 4.69) is 36.4 Å². The quantitative estimate of drug-likeness (QED) is 0.214. The zero-order valence-electron chi connectivity index (χ0n) is 21.9. The van der Waals surface area contributed by atoms with Gasteiger partial charge in [-0.05, 0) is 40.4 Å². The minimum absolute atomic E-state index is 0.610. The SMILES string of the molecule is c1ccc(-c2nc(-c3ccccc3)nc(-c3ccc4ccc5ccc6oc(-c7ccccc7)nc6c5c4c3)n2)cc1. The fourth-order valence-electron chi connectivity index (χ4n) is 5.31. The molecule has 0 spiro atoms. The van der Waals surface area contributed by atoms with Crippen LogP contribution in [0.15, 0.2) is 138 Å². The zero-order valence-corrected chi connectivity index (χ0v) is 21.9. The highest BCUT2D eigenvalue weighted by molar-refractivity contribution is 6.18. The molecule has 0 amide bonds. The maximum atomic E-state index is 6.21. The second-order valence-corrected chi connectivity index (χ2v) is 9.94. The first-order chi connectivity index (χ1) is 20.3. The summed E-state index contributed by atoms with van der Waals surface area (Å²) in [5.41, 5.74) is 5.34. The molecular formula is C36H22N4O. The van der Waals surface area contributed by atoms with Gasteiger partial charge in [-0.1, -0.05) is 109 Å². The van der Waals surface area contributed by atoms with Crippen LogP contribution in [0.1, 0.15) is 0 Å². The molecule has 0 saturated heterocycles. The van der Waals surface area contributed by atoms with Crippen molar-refractivity contribution in [2.24, 2.45) is 0 Å². The molecular weight excluding hydrogens is 504 g/mol. The predicted molar refractivity (Wildman–Crippen MR) is 164 cm³/mol. The molecule has 5 nitrogen and oxygen atoms in total. The molecule has 192 valence electrons. The lowest BCUT2D eigenvalue weighted by Crippen LogP contribution is -2.00. The van der Waals surface area contributed by atoms with Gasteiger partial charge in [0.25, 0.3) is 0 Å². The van der Waals surface area contributed by atoms with Crippen molar-refractivity contribution in [1.29, 1.82) is 0 Å². The Kier molecular flexibility index (Phi) is 5.38. The van der Waals surface area contributed by atoms with Gasteiger partial charge in [-0.3, -0.25) is 0 Å². The first-order valence-corrected chi connectivity index (χ1v) is 13.5. The van der Waals surface area contributed by atoms with Crippen LogP contribution in [0.25, 0.3) is 78.3 Å². The summed E-state index contributed by atoms with van der Waals surface area (Å²) in [5, 5.41) is 4.33. The van der Waals surface area contributed by atoms with Crippen LogP contribution < -0.4 is 0 Å². The van der Waals surface area contributed by atoms with Crippen molar-refractivity contribution in [1.82, 2.24) is 19.9 Å². The van der Waals surface area contributed by atoms with E-state index in [1.54, 1.807) is 0 Å². The van der Waals surface area contributed by atoms with Crippen LogP contribution in [0.5, 0.6) is 0 Å². The molecule has 41 heavy (non-hydrogen) atoms. The topological polar surface area (TPSA) is 64.7 Å². The van der Waals surface area contributed by atoms with Crippen LogP contribution in [-0.4, -0.2) is 19.9 Å². The molecule has 0 fully saturated rings. The van der Waals surface area contributed by atoms with Gasteiger partial charge < -0.3 is 4.42 Å². The first kappa shape index (κ1) is 23.2. The molecule has 0 radical (unpaired) electrons. The van der Waals surface area contributed by atoms with Crippen molar-refractivity contribution in [3.63, 3.8) is 0 Å². The fourth-order valence-corrected chi connectivity index (χ4v) is 5.31. The minimum Gasteiger partial charge on any atom is -0.436 e. The summed E-state index contributed by atoms with van der Waals surface area (Å²) in [6.07, 6.45) is 0. The Bertz CT molecular complexity index is 2130. The largest absolute Gasteiger partial charge is 0.436 e. The summed E-state index contributed by atoms with van der Waals surface area (Å²) in [6.45, 7) is 0. The summed E-state index contributed by atoms with van der Waals surface area (Å²) < 4.78 is 6.21. The molecule has 0 aliphatic carbocycles. The normalized spacial score (nSPS) is 11.4. The molecule has 0 atom stereocenters. The van der Waals surface area contributed by atoms with Crippen molar-refractivity contribution in [3.05, 3.63) is 133 Å². The van der Waals surface area contributed by atoms with Gasteiger partial charge in [0.2, 0.25) is 5.89 Å². The minimum atomic E-state index is 0.610. The molecule has 0 aliphatic heterocycles. The summed E-state index contributed by atoms with van der Waals surface area (Å²) in [4.78, 5) is 19.7. The van der Waals surface area contributed by atoms with E-state index in [9.17, 15) is 0 Å². The number of oxazole rings is 1. The van der Waals surface area contributed by atoms with Gasteiger partial charge in [-0.2, -0.15) is 0 Å². The third-order valence-electron chi connectivity index (χ3n) is 7.34. The van der Waals surface area contributed by atoms with Gasteiger partial charge in [0.05, 0.1) is 0 Å². The van der Waals surface area contributed by atoms with Crippen molar-refractivity contribution in [2.45, 2.75) is 0 Å². The van der Waals surface area contributed by atoms with Crippen molar-refractivity contribution in [3.8, 4) is 45.6 Å². The van der Waals surface area contributed by atoms with Gasteiger partial charge in [0, 0.05) is 27.6 Å². The summed E-state index contributed by atoms with van der Waals surface area (Å²) in [7, 11) is 0. The second kappa shape index (κ2) is 9.50. The maximum Gasteiger partial charge on any atom is 0.227 e. The first-order valence-electron chi connectivity index (χ1n) is 13.5. The van der Waals surface area contributed by atoms with E-state index in [1.807, 2.05) is 97.1 Å². The number of hydrogen-bond donors (Lipinski definition) is 0. The molecule has 0 aliphatic rings. The lowest BCUT2D eigenvalue weighted by molar-refractivity contribution is 0.620. The van der Waals surface area contributed by atoms with Crippen LogP contribution in [0.4, 0.5) is 0 Å². The highest BCUT2D eigenvalue weighted by Gasteiger charge is 2.16. The van der Waals surface area contributed by atoms with Gasteiger partial charge in [-0.25, -0.2) is 19.9 Å². The van der Waals surface area contributed by atoms with Gasteiger partial charge >= 0.3 is 0 Å². The summed E-state index contributed by atoms with van der Waals surface area (Å²) in [6, 6.07) is 44.8. The smallest absolute Gasteiger partial charge is 0.227 e. The number of nitrogens with zero attached hydrogens (tertiary/aromatic N) is 4. The van der Waals surface area contributed by atoms with Crippen molar-refractivity contribution >= 4 is 32.6 Å². The number of rotatable bonds is 4. The van der Waals surface area contributed by atoms with E-state index >= 15 is 0 Å². The van der Waals surface area contributed by atoms with Gasteiger partial charge in [0.15, 0.2) is 23.1 Å². The lowest BCUT2D eigenvalue weighted by atomic mass is 9.98. The average molecular weight is 527 g/mol. The van der Waals surface area contributed by atoms with Gasteiger partial charge in [0.1, 0.15) is 5.52 Å². The average Bonchev–Trinajstić information content (AvgIpc) is 3.50. The van der Waals surface area contributed by atoms with Crippen LogP contribution in [0.2, 0.25) is 0 Å². The Morgan fingerprint density at radius 2 is 0.927 bits per heavy atom. The molecule has 2 heterocycles. The third kappa shape index (κ3) is 4.12. The Labute approximate surface area is 235 Å². The number of hydrogen-bond acceptors (Lipinski definition) is 5. The lowest BCUT2D eigenvalue weighted by Gasteiger charge is -2.10. The molecule has 5 heteroatoms. The highest BCUT2D eigenvalue weighted by atomic mass is 16.3. The van der Waals surface area contributed by atoms with Crippen LogP contribution >= 0.6 is 0 Å². The Morgan fingerprint density at radius 3 is 1.56 bits per heavy atom. The van der Waals surface area contributed by atoms with E-state index in [0.717, 1.165) is 54.9 Å². The maximum absolute atomic E-state index is 6.21. The Balaban J connectivity index is 1.36. The predicted octanol–water partition coefficient (Wildman–Crippen LogP) is 8.99.